The Morgan fingerprint density at radius 1 is 1.38 bits per heavy atom. The van der Waals surface area contributed by atoms with Crippen LogP contribution in [0.25, 0.3) is 0 Å². The van der Waals surface area contributed by atoms with Crippen molar-refractivity contribution in [3.63, 3.8) is 0 Å². The molecule has 0 fully saturated rings. The monoisotopic (exact) mass is 107 g/mol. The number of nitrogens with zero attached hydrogens (tertiary/aromatic N) is 1. The van der Waals surface area contributed by atoms with Gasteiger partial charge in [0.1, 0.15) is 0 Å². The number of hydrogen-bond donors (Lipinski definition) is 0. The predicted octanol–water partition coefficient (Wildman–Crippen LogP) is 0.442. The van der Waals surface area contributed by atoms with E-state index in [0.29, 0.717) is 0 Å². The molecule has 1 aromatic rings. The summed E-state index contributed by atoms with van der Waals surface area (Å²) in [5.41, 5.74) is -0.0602. The molecule has 0 saturated heterocycles. The van der Waals surface area contributed by atoms with Crippen molar-refractivity contribution in [2.24, 2.45) is 0 Å². The van der Waals surface area contributed by atoms with Gasteiger partial charge in [0.25, 0.3) is 0 Å². The van der Waals surface area contributed by atoms with Crippen molar-refractivity contribution in [3.05, 3.63) is 40.8 Å². The van der Waals surface area contributed by atoms with Gasteiger partial charge in [0.15, 0.2) is 5.43 Å². The van der Waals surface area contributed by atoms with Crippen LogP contribution < -0.4 is 5.43 Å². The fourth-order valence-electron chi connectivity index (χ4n) is 0.409. The van der Waals surface area contributed by atoms with Crippen LogP contribution in [-0.2, 0) is 0 Å². The van der Waals surface area contributed by atoms with Crippen molar-refractivity contribution < 1.29 is 0 Å². The standard InChI is InChI=1S/C6H5NO/c8-6-3-1-2-4-7-5-6/h1-5H. The summed E-state index contributed by atoms with van der Waals surface area (Å²) >= 11 is 0. The average molecular weight is 107 g/mol. The molecule has 2 nitrogen and oxygen atoms in total. The summed E-state index contributed by atoms with van der Waals surface area (Å²) in [4.78, 5) is 14.0. The van der Waals surface area contributed by atoms with E-state index < -0.39 is 0 Å². The Labute approximate surface area is 46.8 Å². The molecule has 0 saturated carbocycles. The second kappa shape index (κ2) is 2.21. The Morgan fingerprint density at radius 2 is 2.25 bits per heavy atom. The number of rotatable bonds is 0. The molecule has 0 aliphatic carbocycles. The molecule has 8 heavy (non-hydrogen) atoms. The van der Waals surface area contributed by atoms with Gasteiger partial charge < -0.3 is 0 Å². The highest BCUT2D eigenvalue weighted by molar-refractivity contribution is 4.91. The zero-order chi connectivity index (χ0) is 5.82. The van der Waals surface area contributed by atoms with Crippen LogP contribution in [0.5, 0.6) is 0 Å². The van der Waals surface area contributed by atoms with E-state index in [2.05, 4.69) is 4.98 Å². The van der Waals surface area contributed by atoms with Crippen molar-refractivity contribution >= 4 is 0 Å². The molecule has 0 N–H and O–H groups in total. The molecule has 0 bridgehead atoms. The molecule has 0 aliphatic heterocycles. The maximum atomic E-state index is 10.4. The summed E-state index contributed by atoms with van der Waals surface area (Å²) in [5, 5.41) is 0. The summed E-state index contributed by atoms with van der Waals surface area (Å²) in [7, 11) is 0. The highest BCUT2D eigenvalue weighted by Gasteiger charge is 1.70. The molecule has 1 rings (SSSR count). The Morgan fingerprint density at radius 3 is 3.12 bits per heavy atom. The largest absolute Gasteiger partial charge is 0.288 e. The highest BCUT2D eigenvalue weighted by atomic mass is 16.1. The van der Waals surface area contributed by atoms with E-state index in [-0.39, 0.29) is 5.43 Å². The maximum Gasteiger partial charge on any atom is 0.196 e. The van der Waals surface area contributed by atoms with Gasteiger partial charge in [-0.1, -0.05) is 6.07 Å². The molecule has 0 unspecified atom stereocenters. The zero-order valence-corrected chi connectivity index (χ0v) is 4.24. The fraction of sp³-hybridized carbons (Fsp3) is 0. The van der Waals surface area contributed by atoms with E-state index in [1.54, 1.807) is 18.3 Å². The van der Waals surface area contributed by atoms with Crippen molar-refractivity contribution in [1.29, 1.82) is 0 Å². The Kier molecular flexibility index (Phi) is 1.37. The van der Waals surface area contributed by atoms with Crippen LogP contribution >= 0.6 is 0 Å². The summed E-state index contributed by atoms with van der Waals surface area (Å²) in [6.45, 7) is 0. The van der Waals surface area contributed by atoms with E-state index in [9.17, 15) is 4.79 Å². The van der Waals surface area contributed by atoms with Crippen LogP contribution in [-0.4, -0.2) is 4.98 Å². The minimum Gasteiger partial charge on any atom is -0.288 e. The molecule has 1 aromatic heterocycles. The first-order valence-corrected chi connectivity index (χ1v) is 2.30. The normalized spacial score (nSPS) is 8.50. The molecule has 40 valence electrons. The van der Waals surface area contributed by atoms with Gasteiger partial charge in [0.05, 0.1) is 6.20 Å². The minimum absolute atomic E-state index is 0.0602. The quantitative estimate of drug-likeness (QED) is 0.481. The third-order valence-corrected chi connectivity index (χ3v) is 0.746. The summed E-state index contributed by atoms with van der Waals surface area (Å²) in [6.07, 6.45) is 2.85. The van der Waals surface area contributed by atoms with Crippen LogP contribution in [0.4, 0.5) is 0 Å². The Bertz CT molecular complexity index is 199. The molecule has 0 spiro atoms. The molecular formula is C6H5NO. The molecule has 0 aliphatic rings. The van der Waals surface area contributed by atoms with Gasteiger partial charge >= 0.3 is 0 Å². The first-order chi connectivity index (χ1) is 3.89. The fourth-order valence-corrected chi connectivity index (χ4v) is 0.409. The van der Waals surface area contributed by atoms with E-state index in [0.717, 1.165) is 0 Å². The van der Waals surface area contributed by atoms with E-state index in [1.165, 1.54) is 12.3 Å². The second-order valence-electron chi connectivity index (χ2n) is 1.38. The maximum absolute atomic E-state index is 10.4. The first-order valence-electron chi connectivity index (χ1n) is 2.30. The van der Waals surface area contributed by atoms with Gasteiger partial charge in [-0.15, -0.1) is 0 Å². The topological polar surface area (TPSA) is 30.0 Å². The van der Waals surface area contributed by atoms with Crippen molar-refractivity contribution in [1.82, 2.24) is 4.98 Å². The van der Waals surface area contributed by atoms with Gasteiger partial charge in [0, 0.05) is 6.20 Å². The van der Waals surface area contributed by atoms with E-state index in [1.807, 2.05) is 0 Å². The summed E-state index contributed by atoms with van der Waals surface area (Å²) < 4.78 is 0. The Hall–Kier alpha value is -1.18. The van der Waals surface area contributed by atoms with E-state index >= 15 is 0 Å². The van der Waals surface area contributed by atoms with Gasteiger partial charge in [-0.2, -0.15) is 0 Å². The van der Waals surface area contributed by atoms with Gasteiger partial charge in [0.2, 0.25) is 0 Å². The lowest BCUT2D eigenvalue weighted by Gasteiger charge is -1.56. The summed E-state index contributed by atoms with van der Waals surface area (Å²) in [5.74, 6) is 0. The number of aromatic nitrogens is 1. The van der Waals surface area contributed by atoms with Crippen LogP contribution in [0, 0.1) is 0 Å². The SMILES string of the molecule is O=c1ccccnc1. The average Bonchev–Trinajstić information content (AvgIpc) is 1.94. The minimum atomic E-state index is -0.0602. The lowest BCUT2D eigenvalue weighted by Crippen LogP contribution is -1.89. The molecule has 0 radical (unpaired) electrons. The van der Waals surface area contributed by atoms with Gasteiger partial charge in [-0.25, -0.2) is 0 Å². The van der Waals surface area contributed by atoms with Crippen molar-refractivity contribution in [2.75, 3.05) is 0 Å². The first kappa shape index (κ1) is 4.97. The third kappa shape index (κ3) is 1.15. The van der Waals surface area contributed by atoms with Gasteiger partial charge in [-0.05, 0) is 12.1 Å². The molecule has 1 heterocycles. The molecule has 0 aromatic carbocycles. The van der Waals surface area contributed by atoms with Crippen molar-refractivity contribution in [3.8, 4) is 0 Å². The predicted molar refractivity (Wildman–Crippen MR) is 30.5 cm³/mol. The molecular weight excluding hydrogens is 102 g/mol. The smallest absolute Gasteiger partial charge is 0.196 e. The molecule has 2 heteroatoms. The van der Waals surface area contributed by atoms with Crippen molar-refractivity contribution in [2.45, 2.75) is 0 Å². The second-order valence-corrected chi connectivity index (χ2v) is 1.38. The zero-order valence-electron chi connectivity index (χ0n) is 4.24. The lowest BCUT2D eigenvalue weighted by atomic mass is 10.5. The van der Waals surface area contributed by atoms with Crippen LogP contribution in [0.2, 0.25) is 0 Å². The third-order valence-electron chi connectivity index (χ3n) is 0.746. The Balaban J connectivity index is 3.32. The van der Waals surface area contributed by atoms with Crippen LogP contribution in [0.3, 0.4) is 0 Å². The van der Waals surface area contributed by atoms with Gasteiger partial charge in [-0.3, -0.25) is 9.78 Å². The highest BCUT2D eigenvalue weighted by Crippen LogP contribution is 1.68. The van der Waals surface area contributed by atoms with Crippen LogP contribution in [0.1, 0.15) is 0 Å². The van der Waals surface area contributed by atoms with E-state index in [4.69, 9.17) is 0 Å². The van der Waals surface area contributed by atoms with Crippen LogP contribution in [0.15, 0.2) is 35.4 Å². The molecule has 0 amide bonds. The lowest BCUT2D eigenvalue weighted by molar-refractivity contribution is 1.34. The summed E-state index contributed by atoms with van der Waals surface area (Å²) in [6, 6.07) is 4.84. The molecule has 0 atom stereocenters. The number of hydrogen-bond acceptors (Lipinski definition) is 2.